The van der Waals surface area contributed by atoms with Crippen molar-refractivity contribution >= 4 is 21.8 Å². The van der Waals surface area contributed by atoms with Gasteiger partial charge in [-0.1, -0.05) is 22.0 Å². The third kappa shape index (κ3) is 5.95. The van der Waals surface area contributed by atoms with Crippen molar-refractivity contribution in [3.8, 4) is 17.2 Å². The summed E-state index contributed by atoms with van der Waals surface area (Å²) in [5.41, 5.74) is 0.932. The number of rotatable bonds is 9. The molecule has 6 heteroatoms. The molecule has 0 fully saturated rings. The van der Waals surface area contributed by atoms with Gasteiger partial charge in [-0.15, -0.1) is 0 Å². The minimum Gasteiger partial charge on any atom is -0.490 e. The maximum atomic E-state index is 12.3. The quantitative estimate of drug-likeness (QED) is 0.654. The molecule has 2 aromatic rings. The average molecular weight is 422 g/mol. The Morgan fingerprint density at radius 1 is 1.04 bits per heavy atom. The predicted octanol–water partition coefficient (Wildman–Crippen LogP) is 4.33. The number of carbonyl (C=O) groups is 1. The van der Waals surface area contributed by atoms with E-state index in [2.05, 4.69) is 21.2 Å². The molecule has 0 spiro atoms. The lowest BCUT2D eigenvalue weighted by molar-refractivity contribution is -0.127. The summed E-state index contributed by atoms with van der Waals surface area (Å²) in [5.74, 6) is 1.85. The van der Waals surface area contributed by atoms with E-state index in [-0.39, 0.29) is 5.91 Å². The smallest absolute Gasteiger partial charge is 0.261 e. The zero-order chi connectivity index (χ0) is 18.9. The van der Waals surface area contributed by atoms with Crippen molar-refractivity contribution in [3.05, 3.63) is 52.5 Å². The fraction of sp³-hybridized carbons (Fsp3) is 0.350. The highest BCUT2D eigenvalue weighted by molar-refractivity contribution is 9.10. The highest BCUT2D eigenvalue weighted by Gasteiger charge is 2.15. The van der Waals surface area contributed by atoms with Crippen LogP contribution in [-0.2, 0) is 11.3 Å². The van der Waals surface area contributed by atoms with E-state index in [4.69, 9.17) is 14.2 Å². The second kappa shape index (κ2) is 10.1. The Hall–Kier alpha value is -2.21. The van der Waals surface area contributed by atoms with Gasteiger partial charge in [0.1, 0.15) is 5.75 Å². The van der Waals surface area contributed by atoms with E-state index in [1.807, 2.05) is 56.3 Å². The Labute approximate surface area is 162 Å². The molecule has 1 amide bonds. The highest BCUT2D eigenvalue weighted by atomic mass is 79.9. The van der Waals surface area contributed by atoms with E-state index in [1.165, 1.54) is 0 Å². The van der Waals surface area contributed by atoms with Crippen LogP contribution in [0, 0.1) is 0 Å². The lowest BCUT2D eigenvalue weighted by Crippen LogP contribution is -2.35. The topological polar surface area (TPSA) is 56.8 Å². The van der Waals surface area contributed by atoms with Gasteiger partial charge in [0, 0.05) is 11.0 Å². The summed E-state index contributed by atoms with van der Waals surface area (Å²) in [4.78, 5) is 12.3. The zero-order valence-corrected chi connectivity index (χ0v) is 16.8. The lowest BCUT2D eigenvalue weighted by Gasteiger charge is -2.16. The van der Waals surface area contributed by atoms with E-state index in [9.17, 15) is 4.79 Å². The first-order valence-corrected chi connectivity index (χ1v) is 9.41. The van der Waals surface area contributed by atoms with Crippen molar-refractivity contribution in [3.63, 3.8) is 0 Å². The summed E-state index contributed by atoms with van der Waals surface area (Å²) in [5, 5.41) is 2.88. The lowest BCUT2D eigenvalue weighted by atomic mass is 10.2. The van der Waals surface area contributed by atoms with Crippen LogP contribution in [0.3, 0.4) is 0 Å². The molecule has 0 unspecified atom stereocenters. The average Bonchev–Trinajstić information content (AvgIpc) is 2.63. The minimum atomic E-state index is -0.592. The van der Waals surface area contributed by atoms with Gasteiger partial charge in [0.15, 0.2) is 17.6 Å². The van der Waals surface area contributed by atoms with Gasteiger partial charge >= 0.3 is 0 Å². The molecule has 0 heterocycles. The van der Waals surface area contributed by atoms with Crippen molar-refractivity contribution in [1.82, 2.24) is 5.32 Å². The maximum Gasteiger partial charge on any atom is 0.261 e. The normalized spacial score (nSPS) is 11.5. The van der Waals surface area contributed by atoms with Crippen LogP contribution in [0.25, 0.3) is 0 Å². The van der Waals surface area contributed by atoms with Crippen molar-refractivity contribution in [1.29, 1.82) is 0 Å². The van der Waals surface area contributed by atoms with Crippen LogP contribution in [0.2, 0.25) is 0 Å². The molecule has 0 bridgehead atoms. The first kappa shape index (κ1) is 20.1. The number of benzene rings is 2. The molecule has 0 aliphatic heterocycles. The number of carbonyl (C=O) groups excluding carboxylic acids is 1. The molecule has 1 atom stereocenters. The van der Waals surface area contributed by atoms with Crippen LogP contribution in [0.4, 0.5) is 0 Å². The van der Waals surface area contributed by atoms with Crippen LogP contribution in [0.1, 0.15) is 26.3 Å². The van der Waals surface area contributed by atoms with E-state index in [0.717, 1.165) is 10.0 Å². The summed E-state index contributed by atoms with van der Waals surface area (Å²) in [6.45, 7) is 7.08. The SMILES string of the molecule is CCOc1ccc(CNC(=O)[C@@H](C)Oc2ccc(Br)cc2)cc1OCC. The number of amides is 1. The van der Waals surface area contributed by atoms with E-state index in [1.54, 1.807) is 6.92 Å². The fourth-order valence-electron chi connectivity index (χ4n) is 2.31. The van der Waals surface area contributed by atoms with Gasteiger partial charge in [0.25, 0.3) is 5.91 Å². The van der Waals surface area contributed by atoms with Crippen LogP contribution in [0.5, 0.6) is 17.2 Å². The molecule has 0 saturated heterocycles. The summed E-state index contributed by atoms with van der Waals surface area (Å²) in [7, 11) is 0. The molecule has 5 nitrogen and oxygen atoms in total. The second-order valence-electron chi connectivity index (χ2n) is 5.58. The van der Waals surface area contributed by atoms with Crippen molar-refractivity contribution < 1.29 is 19.0 Å². The molecule has 0 aliphatic rings. The van der Waals surface area contributed by atoms with Crippen molar-refractivity contribution in [2.24, 2.45) is 0 Å². The number of nitrogens with one attached hydrogen (secondary N) is 1. The Balaban J connectivity index is 1.93. The first-order chi connectivity index (χ1) is 12.5. The molecular formula is C20H24BrNO4. The van der Waals surface area contributed by atoms with Gasteiger partial charge < -0.3 is 19.5 Å². The van der Waals surface area contributed by atoms with Gasteiger partial charge in [-0.3, -0.25) is 4.79 Å². The van der Waals surface area contributed by atoms with Crippen molar-refractivity contribution in [2.45, 2.75) is 33.4 Å². The number of hydrogen-bond donors (Lipinski definition) is 1. The molecule has 0 aliphatic carbocycles. The number of ether oxygens (including phenoxy) is 3. The molecule has 0 aromatic heterocycles. The zero-order valence-electron chi connectivity index (χ0n) is 15.3. The molecule has 26 heavy (non-hydrogen) atoms. The summed E-state index contributed by atoms with van der Waals surface area (Å²) in [6.07, 6.45) is -0.592. The van der Waals surface area contributed by atoms with E-state index < -0.39 is 6.10 Å². The van der Waals surface area contributed by atoms with Gasteiger partial charge in [-0.05, 0) is 62.7 Å². The van der Waals surface area contributed by atoms with E-state index in [0.29, 0.717) is 37.0 Å². The standard InChI is InChI=1S/C20H24BrNO4/c1-4-24-18-11-6-15(12-19(18)25-5-2)13-22-20(23)14(3)26-17-9-7-16(21)8-10-17/h6-12,14H,4-5,13H2,1-3H3,(H,22,23)/t14-/m1/s1. The fourth-order valence-corrected chi connectivity index (χ4v) is 2.57. The van der Waals surface area contributed by atoms with Gasteiger partial charge in [0.05, 0.1) is 13.2 Å². The number of hydrogen-bond acceptors (Lipinski definition) is 4. The van der Waals surface area contributed by atoms with Crippen LogP contribution < -0.4 is 19.5 Å². The Morgan fingerprint density at radius 2 is 1.69 bits per heavy atom. The van der Waals surface area contributed by atoms with Crippen LogP contribution in [0.15, 0.2) is 46.9 Å². The van der Waals surface area contributed by atoms with Gasteiger partial charge in [-0.2, -0.15) is 0 Å². The highest BCUT2D eigenvalue weighted by Crippen LogP contribution is 2.28. The largest absolute Gasteiger partial charge is 0.490 e. The molecule has 140 valence electrons. The van der Waals surface area contributed by atoms with Crippen LogP contribution >= 0.6 is 15.9 Å². The van der Waals surface area contributed by atoms with Crippen molar-refractivity contribution in [2.75, 3.05) is 13.2 Å². The van der Waals surface area contributed by atoms with Gasteiger partial charge in [0.2, 0.25) is 0 Å². The second-order valence-corrected chi connectivity index (χ2v) is 6.49. The predicted molar refractivity (Wildman–Crippen MR) is 105 cm³/mol. The summed E-state index contributed by atoms with van der Waals surface area (Å²) < 4.78 is 17.8. The third-order valence-electron chi connectivity index (χ3n) is 3.57. The molecule has 0 radical (unpaired) electrons. The maximum absolute atomic E-state index is 12.3. The van der Waals surface area contributed by atoms with Gasteiger partial charge in [-0.25, -0.2) is 0 Å². The van der Waals surface area contributed by atoms with Crippen LogP contribution in [-0.4, -0.2) is 25.2 Å². The molecule has 1 N–H and O–H groups in total. The molecule has 2 rings (SSSR count). The third-order valence-corrected chi connectivity index (χ3v) is 4.10. The molecular weight excluding hydrogens is 398 g/mol. The summed E-state index contributed by atoms with van der Waals surface area (Å²) in [6, 6.07) is 13.0. The minimum absolute atomic E-state index is 0.181. The Kier molecular flexibility index (Phi) is 7.78. The molecule has 0 saturated carbocycles. The molecule has 2 aromatic carbocycles. The summed E-state index contributed by atoms with van der Waals surface area (Å²) >= 11 is 3.37. The monoisotopic (exact) mass is 421 g/mol. The Bertz CT molecular complexity index is 718. The number of halogens is 1. The Morgan fingerprint density at radius 3 is 2.35 bits per heavy atom. The van der Waals surface area contributed by atoms with E-state index >= 15 is 0 Å². The first-order valence-electron chi connectivity index (χ1n) is 8.62.